The van der Waals surface area contributed by atoms with Gasteiger partial charge in [0.1, 0.15) is 22.8 Å². The van der Waals surface area contributed by atoms with Crippen molar-refractivity contribution < 1.29 is 9.47 Å². The molecule has 86 valence electrons. The molecule has 2 aromatic rings. The lowest BCUT2D eigenvalue weighted by Crippen LogP contribution is -1.96. The summed E-state index contributed by atoms with van der Waals surface area (Å²) in [6.45, 7) is 0. The molecule has 0 unspecified atom stereocenters. The van der Waals surface area contributed by atoms with E-state index in [1.54, 1.807) is 19.2 Å². The van der Waals surface area contributed by atoms with Gasteiger partial charge in [-0.05, 0) is 12.1 Å². The van der Waals surface area contributed by atoms with Crippen LogP contribution in [0.2, 0.25) is 0 Å². The molecule has 5 nitrogen and oxygen atoms in total. The van der Waals surface area contributed by atoms with Crippen molar-refractivity contribution in [3.8, 4) is 17.6 Å². The third-order valence-corrected chi connectivity index (χ3v) is 2.45. The lowest BCUT2D eigenvalue weighted by molar-refractivity contribution is 0.397. The highest BCUT2D eigenvalue weighted by Gasteiger charge is 2.11. The number of nitrogen functional groups attached to an aromatic ring is 1. The Labute approximate surface area is 98.4 Å². The van der Waals surface area contributed by atoms with Crippen LogP contribution in [0, 0.1) is 11.3 Å². The summed E-state index contributed by atoms with van der Waals surface area (Å²) in [6, 6.07) is 7.05. The van der Waals surface area contributed by atoms with Crippen molar-refractivity contribution in [2.45, 2.75) is 0 Å². The van der Waals surface area contributed by atoms with Crippen LogP contribution < -0.4 is 15.2 Å². The van der Waals surface area contributed by atoms with Crippen LogP contribution in [0.25, 0.3) is 10.9 Å². The molecule has 0 saturated heterocycles. The fourth-order valence-electron chi connectivity index (χ4n) is 1.66. The van der Waals surface area contributed by atoms with Gasteiger partial charge in [-0.1, -0.05) is 0 Å². The minimum absolute atomic E-state index is 0.289. The molecule has 17 heavy (non-hydrogen) atoms. The van der Waals surface area contributed by atoms with Crippen LogP contribution in [-0.2, 0) is 0 Å². The number of nitriles is 1. The Morgan fingerprint density at radius 3 is 2.59 bits per heavy atom. The van der Waals surface area contributed by atoms with Gasteiger partial charge in [-0.15, -0.1) is 0 Å². The number of hydrogen-bond acceptors (Lipinski definition) is 5. The zero-order valence-corrected chi connectivity index (χ0v) is 9.52. The van der Waals surface area contributed by atoms with Gasteiger partial charge in [-0.2, -0.15) is 5.26 Å². The van der Waals surface area contributed by atoms with E-state index in [0.29, 0.717) is 28.0 Å². The molecule has 0 spiro atoms. The summed E-state index contributed by atoms with van der Waals surface area (Å²) in [6.07, 6.45) is 0. The number of anilines is 1. The van der Waals surface area contributed by atoms with Crippen LogP contribution in [0.1, 0.15) is 5.56 Å². The summed E-state index contributed by atoms with van der Waals surface area (Å²) in [5.74, 6) is 1.43. The van der Waals surface area contributed by atoms with E-state index in [0.717, 1.165) is 0 Å². The first-order chi connectivity index (χ1) is 8.19. The first kappa shape index (κ1) is 11.0. The lowest BCUT2D eigenvalue weighted by Gasteiger charge is -2.09. The maximum absolute atomic E-state index is 9.07. The van der Waals surface area contributed by atoms with Gasteiger partial charge in [0, 0.05) is 11.5 Å². The minimum Gasteiger partial charge on any atom is -0.497 e. The van der Waals surface area contributed by atoms with Gasteiger partial charge >= 0.3 is 0 Å². The Morgan fingerprint density at radius 2 is 2.00 bits per heavy atom. The Balaban J connectivity index is 2.89. The molecule has 0 aliphatic heterocycles. The van der Waals surface area contributed by atoms with Gasteiger partial charge in [0.15, 0.2) is 0 Å². The molecule has 0 atom stereocenters. The highest BCUT2D eigenvalue weighted by molar-refractivity contribution is 5.92. The third-order valence-electron chi connectivity index (χ3n) is 2.45. The molecule has 5 heteroatoms. The lowest BCUT2D eigenvalue weighted by atomic mass is 10.1. The van der Waals surface area contributed by atoms with Crippen molar-refractivity contribution in [2.75, 3.05) is 20.0 Å². The molecule has 1 aromatic carbocycles. The summed E-state index contributed by atoms with van der Waals surface area (Å²) in [5.41, 5.74) is 6.65. The zero-order chi connectivity index (χ0) is 12.4. The van der Waals surface area contributed by atoms with E-state index < -0.39 is 0 Å². The minimum atomic E-state index is 0.289. The first-order valence-electron chi connectivity index (χ1n) is 4.92. The van der Waals surface area contributed by atoms with Crippen molar-refractivity contribution >= 4 is 16.7 Å². The van der Waals surface area contributed by atoms with E-state index in [2.05, 4.69) is 11.1 Å². The van der Waals surface area contributed by atoms with Crippen molar-refractivity contribution in [1.29, 1.82) is 5.26 Å². The van der Waals surface area contributed by atoms with E-state index in [4.69, 9.17) is 20.5 Å². The van der Waals surface area contributed by atoms with Crippen LogP contribution in [0.4, 0.5) is 5.82 Å². The topological polar surface area (TPSA) is 81.2 Å². The van der Waals surface area contributed by atoms with Crippen LogP contribution in [-0.4, -0.2) is 19.2 Å². The third kappa shape index (κ3) is 1.81. The predicted octanol–water partition coefficient (Wildman–Crippen LogP) is 1.71. The standard InChI is InChI=1S/C12H11N3O2/c1-16-8-4-9-7(6-13)3-11(14)15-12(9)10(5-8)17-2/h3-5H,1-2H3,(H2,14,15). The van der Waals surface area contributed by atoms with Crippen molar-refractivity contribution in [1.82, 2.24) is 4.98 Å². The summed E-state index contributed by atoms with van der Waals surface area (Å²) in [5, 5.41) is 9.74. The normalized spacial score (nSPS) is 9.94. The molecule has 2 N–H and O–H groups in total. The number of rotatable bonds is 2. The van der Waals surface area contributed by atoms with Gasteiger partial charge in [0.05, 0.1) is 25.9 Å². The molecule has 0 saturated carbocycles. The van der Waals surface area contributed by atoms with E-state index in [9.17, 15) is 0 Å². The fraction of sp³-hybridized carbons (Fsp3) is 0.167. The summed E-state index contributed by atoms with van der Waals surface area (Å²) in [7, 11) is 3.09. The maximum Gasteiger partial charge on any atom is 0.148 e. The number of methoxy groups -OCH3 is 2. The number of pyridine rings is 1. The van der Waals surface area contributed by atoms with Crippen molar-refractivity contribution in [2.24, 2.45) is 0 Å². The Hall–Kier alpha value is -2.48. The van der Waals surface area contributed by atoms with Crippen LogP contribution in [0.3, 0.4) is 0 Å². The highest BCUT2D eigenvalue weighted by atomic mass is 16.5. The van der Waals surface area contributed by atoms with E-state index >= 15 is 0 Å². The first-order valence-corrected chi connectivity index (χ1v) is 4.92. The predicted molar refractivity (Wildman–Crippen MR) is 64.0 cm³/mol. The monoisotopic (exact) mass is 229 g/mol. The van der Waals surface area contributed by atoms with Crippen LogP contribution in [0.15, 0.2) is 18.2 Å². The van der Waals surface area contributed by atoms with Crippen molar-refractivity contribution in [3.63, 3.8) is 0 Å². The van der Waals surface area contributed by atoms with Gasteiger partial charge in [0.2, 0.25) is 0 Å². The summed E-state index contributed by atoms with van der Waals surface area (Å²) in [4.78, 5) is 4.18. The SMILES string of the molecule is COc1cc(OC)c2nc(N)cc(C#N)c2c1. The number of hydrogen-bond donors (Lipinski definition) is 1. The molecular weight excluding hydrogens is 218 g/mol. The van der Waals surface area contributed by atoms with Gasteiger partial charge in [-0.3, -0.25) is 0 Å². The average Bonchev–Trinajstić information content (AvgIpc) is 2.36. The quantitative estimate of drug-likeness (QED) is 0.847. The van der Waals surface area contributed by atoms with E-state index in [1.807, 2.05) is 0 Å². The molecule has 0 fully saturated rings. The largest absolute Gasteiger partial charge is 0.497 e. The molecule has 1 aromatic heterocycles. The van der Waals surface area contributed by atoms with Crippen LogP contribution in [0.5, 0.6) is 11.5 Å². The molecule has 0 aliphatic rings. The number of fused-ring (bicyclic) bond motifs is 1. The number of aromatic nitrogens is 1. The highest BCUT2D eigenvalue weighted by Crippen LogP contribution is 2.32. The molecule has 0 radical (unpaired) electrons. The smallest absolute Gasteiger partial charge is 0.148 e. The molecule has 0 bridgehead atoms. The molecule has 0 aliphatic carbocycles. The second-order valence-electron chi connectivity index (χ2n) is 3.43. The Bertz CT molecular complexity index is 617. The number of nitrogens with zero attached hydrogens (tertiary/aromatic N) is 2. The molecule has 1 heterocycles. The van der Waals surface area contributed by atoms with Gasteiger partial charge in [-0.25, -0.2) is 4.98 Å². The number of ether oxygens (including phenoxy) is 2. The molecule has 0 amide bonds. The van der Waals surface area contributed by atoms with Crippen molar-refractivity contribution in [3.05, 3.63) is 23.8 Å². The fourth-order valence-corrected chi connectivity index (χ4v) is 1.66. The zero-order valence-electron chi connectivity index (χ0n) is 9.52. The molecule has 2 rings (SSSR count). The van der Waals surface area contributed by atoms with E-state index in [1.165, 1.54) is 13.2 Å². The van der Waals surface area contributed by atoms with Gasteiger partial charge < -0.3 is 15.2 Å². The Kier molecular flexibility index (Phi) is 2.71. The second-order valence-corrected chi connectivity index (χ2v) is 3.43. The van der Waals surface area contributed by atoms with Crippen LogP contribution >= 0.6 is 0 Å². The second kappa shape index (κ2) is 4.18. The Morgan fingerprint density at radius 1 is 1.24 bits per heavy atom. The maximum atomic E-state index is 9.07. The average molecular weight is 229 g/mol. The van der Waals surface area contributed by atoms with E-state index in [-0.39, 0.29) is 5.82 Å². The summed E-state index contributed by atoms with van der Waals surface area (Å²) < 4.78 is 10.4. The molecular formula is C12H11N3O2. The van der Waals surface area contributed by atoms with Gasteiger partial charge in [0.25, 0.3) is 0 Å². The number of nitrogens with two attached hydrogens (primary N) is 1. The summed E-state index contributed by atoms with van der Waals surface area (Å²) >= 11 is 0. The number of benzene rings is 1.